The van der Waals surface area contributed by atoms with Gasteiger partial charge in [0, 0.05) is 41.2 Å². The van der Waals surface area contributed by atoms with Gasteiger partial charge >= 0.3 is 6.09 Å². The summed E-state index contributed by atoms with van der Waals surface area (Å²) in [5.74, 6) is 0.832. The van der Waals surface area contributed by atoms with E-state index in [1.807, 2.05) is 25.1 Å². The van der Waals surface area contributed by atoms with E-state index in [0.29, 0.717) is 19.7 Å². The summed E-state index contributed by atoms with van der Waals surface area (Å²) < 4.78 is 10.3. The summed E-state index contributed by atoms with van der Waals surface area (Å²) in [5, 5.41) is 1.15. The van der Waals surface area contributed by atoms with Crippen molar-refractivity contribution in [1.82, 2.24) is 9.88 Å². The molecule has 2 heterocycles. The maximum absolute atomic E-state index is 11.8. The van der Waals surface area contributed by atoms with Crippen molar-refractivity contribution < 1.29 is 14.3 Å². The number of carbonyl (C=O) groups excluding carboxylic acids is 1. The van der Waals surface area contributed by atoms with Gasteiger partial charge in [0.1, 0.15) is 5.75 Å². The molecule has 1 aliphatic heterocycles. The molecule has 5 heteroatoms. The van der Waals surface area contributed by atoms with Crippen LogP contribution < -0.4 is 4.74 Å². The second-order valence-corrected chi connectivity index (χ2v) is 4.86. The molecule has 1 aromatic carbocycles. The maximum Gasteiger partial charge on any atom is 0.410 e. The van der Waals surface area contributed by atoms with Gasteiger partial charge in [0.05, 0.1) is 20.3 Å². The van der Waals surface area contributed by atoms with Crippen LogP contribution in [0.3, 0.4) is 0 Å². The number of H-pyrrole nitrogens is 1. The van der Waals surface area contributed by atoms with Crippen molar-refractivity contribution in [2.45, 2.75) is 19.9 Å². The monoisotopic (exact) mass is 274 g/mol. The zero-order valence-corrected chi connectivity index (χ0v) is 11.7. The van der Waals surface area contributed by atoms with Crippen LogP contribution >= 0.6 is 0 Å². The third-order valence-corrected chi connectivity index (χ3v) is 3.71. The van der Waals surface area contributed by atoms with Gasteiger partial charge in [0.25, 0.3) is 0 Å². The number of fused-ring (bicyclic) bond motifs is 3. The fourth-order valence-corrected chi connectivity index (χ4v) is 2.70. The molecule has 1 N–H and O–H groups in total. The number of nitrogens with zero attached hydrogens (tertiary/aromatic N) is 1. The van der Waals surface area contributed by atoms with Gasteiger partial charge in [0.2, 0.25) is 0 Å². The Bertz CT molecular complexity index is 648. The molecule has 0 aliphatic carbocycles. The molecule has 0 radical (unpaired) electrons. The first kappa shape index (κ1) is 12.8. The second kappa shape index (κ2) is 5.07. The number of rotatable bonds is 2. The summed E-state index contributed by atoms with van der Waals surface area (Å²) in [6, 6.07) is 5.97. The molecule has 0 saturated carbocycles. The van der Waals surface area contributed by atoms with E-state index >= 15 is 0 Å². The summed E-state index contributed by atoms with van der Waals surface area (Å²) in [4.78, 5) is 17.0. The zero-order valence-electron chi connectivity index (χ0n) is 11.7. The van der Waals surface area contributed by atoms with Crippen LogP contribution in [-0.4, -0.2) is 36.2 Å². The Kier molecular flexibility index (Phi) is 3.26. The van der Waals surface area contributed by atoms with Crippen LogP contribution in [0.2, 0.25) is 0 Å². The first-order valence-electron chi connectivity index (χ1n) is 6.82. The molecule has 1 aliphatic rings. The van der Waals surface area contributed by atoms with Crippen molar-refractivity contribution in [2.75, 3.05) is 20.3 Å². The third-order valence-electron chi connectivity index (χ3n) is 3.71. The zero-order chi connectivity index (χ0) is 14.1. The predicted octanol–water partition coefficient (Wildman–Crippen LogP) is 2.69. The fraction of sp³-hybridized carbons (Fsp3) is 0.400. The van der Waals surface area contributed by atoms with E-state index in [9.17, 15) is 4.79 Å². The van der Waals surface area contributed by atoms with E-state index in [0.717, 1.165) is 23.1 Å². The molecule has 1 amide bonds. The van der Waals surface area contributed by atoms with E-state index < -0.39 is 0 Å². The summed E-state index contributed by atoms with van der Waals surface area (Å²) in [6.07, 6.45) is 0.589. The van der Waals surface area contributed by atoms with E-state index in [4.69, 9.17) is 9.47 Å². The molecule has 2 aromatic rings. The molecule has 3 rings (SSSR count). The smallest absolute Gasteiger partial charge is 0.410 e. The number of amides is 1. The molecule has 5 nitrogen and oxygen atoms in total. The lowest BCUT2D eigenvalue weighted by Crippen LogP contribution is -2.36. The number of hydrogen-bond acceptors (Lipinski definition) is 3. The van der Waals surface area contributed by atoms with Crippen LogP contribution in [0.25, 0.3) is 10.9 Å². The molecule has 1 aromatic heterocycles. The number of hydrogen-bond donors (Lipinski definition) is 1. The van der Waals surface area contributed by atoms with Gasteiger partial charge in [-0.2, -0.15) is 0 Å². The average molecular weight is 274 g/mol. The highest BCUT2D eigenvalue weighted by molar-refractivity contribution is 5.86. The summed E-state index contributed by atoms with van der Waals surface area (Å²) in [5.41, 5.74) is 3.44. The van der Waals surface area contributed by atoms with Crippen molar-refractivity contribution in [3.63, 3.8) is 0 Å². The molecule has 20 heavy (non-hydrogen) atoms. The number of nitrogens with one attached hydrogen (secondary N) is 1. The molecular weight excluding hydrogens is 256 g/mol. The van der Waals surface area contributed by atoms with E-state index in [1.165, 1.54) is 11.3 Å². The van der Waals surface area contributed by atoms with Gasteiger partial charge in [-0.3, -0.25) is 0 Å². The lowest BCUT2D eigenvalue weighted by molar-refractivity contribution is 0.103. The molecule has 0 saturated heterocycles. The largest absolute Gasteiger partial charge is 0.497 e. The lowest BCUT2D eigenvalue weighted by atomic mass is 10.0. The van der Waals surface area contributed by atoms with Crippen LogP contribution in [-0.2, 0) is 17.7 Å². The van der Waals surface area contributed by atoms with Crippen molar-refractivity contribution >= 4 is 17.0 Å². The van der Waals surface area contributed by atoms with Gasteiger partial charge < -0.3 is 19.4 Å². The Morgan fingerprint density at radius 1 is 1.45 bits per heavy atom. The van der Waals surface area contributed by atoms with Gasteiger partial charge in [-0.15, -0.1) is 0 Å². The van der Waals surface area contributed by atoms with Gasteiger partial charge in [-0.25, -0.2) is 4.79 Å². The second-order valence-electron chi connectivity index (χ2n) is 4.86. The Hall–Kier alpha value is -2.17. The third kappa shape index (κ3) is 2.09. The van der Waals surface area contributed by atoms with E-state index in [2.05, 4.69) is 4.98 Å². The molecular formula is C15H18N2O3. The minimum absolute atomic E-state index is 0.235. The number of aromatic nitrogens is 1. The maximum atomic E-state index is 11.8. The van der Waals surface area contributed by atoms with Crippen LogP contribution in [0.5, 0.6) is 5.75 Å². The Labute approximate surface area is 117 Å². The van der Waals surface area contributed by atoms with Crippen molar-refractivity contribution in [3.8, 4) is 5.75 Å². The van der Waals surface area contributed by atoms with Crippen LogP contribution in [0.15, 0.2) is 18.2 Å². The topological polar surface area (TPSA) is 54.6 Å². The van der Waals surface area contributed by atoms with Crippen LogP contribution in [0.1, 0.15) is 18.2 Å². The van der Waals surface area contributed by atoms with Gasteiger partial charge in [-0.1, -0.05) is 0 Å². The van der Waals surface area contributed by atoms with Crippen LogP contribution in [0.4, 0.5) is 4.79 Å². The minimum atomic E-state index is -0.235. The fourth-order valence-electron chi connectivity index (χ4n) is 2.70. The Balaban J connectivity index is 1.94. The molecule has 0 spiro atoms. The standard InChI is InChI=1S/C15H18N2O3/c1-3-20-15(18)17-7-6-13-12(9-17)11-5-4-10(19-2)8-14(11)16-13/h4-5,8,16H,3,6-7,9H2,1-2H3. The van der Waals surface area contributed by atoms with Crippen molar-refractivity contribution in [2.24, 2.45) is 0 Å². The highest BCUT2D eigenvalue weighted by Gasteiger charge is 2.24. The number of carbonyl (C=O) groups is 1. The molecule has 0 atom stereocenters. The number of ether oxygens (including phenoxy) is 2. The minimum Gasteiger partial charge on any atom is -0.497 e. The first-order chi connectivity index (χ1) is 9.72. The first-order valence-corrected chi connectivity index (χ1v) is 6.82. The molecule has 0 unspecified atom stereocenters. The lowest BCUT2D eigenvalue weighted by Gasteiger charge is -2.26. The SMILES string of the molecule is CCOC(=O)N1CCc2[nH]c3cc(OC)ccc3c2C1. The number of methoxy groups -OCH3 is 1. The molecule has 0 fully saturated rings. The normalized spacial score (nSPS) is 14.2. The van der Waals surface area contributed by atoms with Crippen molar-refractivity contribution in [1.29, 1.82) is 0 Å². The Morgan fingerprint density at radius 2 is 2.30 bits per heavy atom. The molecule has 106 valence electrons. The summed E-state index contributed by atoms with van der Waals surface area (Å²) >= 11 is 0. The summed E-state index contributed by atoms with van der Waals surface area (Å²) in [6.45, 7) is 3.52. The van der Waals surface area contributed by atoms with Gasteiger partial charge in [-0.05, 0) is 19.1 Å². The highest BCUT2D eigenvalue weighted by atomic mass is 16.6. The Morgan fingerprint density at radius 3 is 3.05 bits per heavy atom. The molecule has 0 bridgehead atoms. The average Bonchev–Trinajstić information content (AvgIpc) is 2.83. The number of benzene rings is 1. The quantitative estimate of drug-likeness (QED) is 0.916. The summed E-state index contributed by atoms with van der Waals surface area (Å²) in [7, 11) is 1.66. The predicted molar refractivity (Wildman–Crippen MR) is 76.0 cm³/mol. The van der Waals surface area contributed by atoms with Crippen molar-refractivity contribution in [3.05, 3.63) is 29.5 Å². The van der Waals surface area contributed by atoms with E-state index in [1.54, 1.807) is 12.0 Å². The van der Waals surface area contributed by atoms with E-state index in [-0.39, 0.29) is 6.09 Å². The number of aromatic amines is 1. The van der Waals surface area contributed by atoms with Crippen LogP contribution in [0, 0.1) is 0 Å². The highest BCUT2D eigenvalue weighted by Crippen LogP contribution is 2.30. The van der Waals surface area contributed by atoms with Gasteiger partial charge in [0.15, 0.2) is 0 Å².